The SMILES string of the molecule is COc1ccc(-c2oncc2C(=O)NCc2ccc(Cl)cc2)cc1. The van der Waals surface area contributed by atoms with E-state index in [1.54, 1.807) is 31.4 Å². The molecular formula is C18H15ClN2O3. The summed E-state index contributed by atoms with van der Waals surface area (Å²) in [5.74, 6) is 0.898. The highest BCUT2D eigenvalue weighted by atomic mass is 35.5. The molecule has 2 aromatic carbocycles. The third kappa shape index (κ3) is 3.58. The Balaban J connectivity index is 1.73. The van der Waals surface area contributed by atoms with E-state index in [4.69, 9.17) is 20.9 Å². The number of benzene rings is 2. The van der Waals surface area contributed by atoms with E-state index in [1.165, 1.54) is 6.20 Å². The lowest BCUT2D eigenvalue weighted by molar-refractivity contribution is 0.0951. The third-order valence-electron chi connectivity index (χ3n) is 3.53. The van der Waals surface area contributed by atoms with Crippen LogP contribution in [0, 0.1) is 0 Å². The predicted octanol–water partition coefficient (Wildman–Crippen LogP) is 3.93. The Kier molecular flexibility index (Phi) is 4.82. The minimum atomic E-state index is -0.253. The lowest BCUT2D eigenvalue weighted by atomic mass is 10.1. The minimum absolute atomic E-state index is 0.253. The molecule has 1 amide bonds. The fourth-order valence-corrected chi connectivity index (χ4v) is 2.36. The number of halogens is 1. The van der Waals surface area contributed by atoms with Crippen molar-refractivity contribution in [3.8, 4) is 17.1 Å². The number of amides is 1. The third-order valence-corrected chi connectivity index (χ3v) is 3.79. The van der Waals surface area contributed by atoms with Crippen LogP contribution in [0.4, 0.5) is 0 Å². The van der Waals surface area contributed by atoms with Crippen LogP contribution in [-0.2, 0) is 6.54 Å². The molecule has 0 unspecified atom stereocenters. The molecule has 1 aromatic heterocycles. The predicted molar refractivity (Wildman–Crippen MR) is 91.1 cm³/mol. The van der Waals surface area contributed by atoms with Crippen LogP contribution in [0.15, 0.2) is 59.3 Å². The first kappa shape index (κ1) is 16.1. The summed E-state index contributed by atoms with van der Waals surface area (Å²) in [7, 11) is 1.60. The summed E-state index contributed by atoms with van der Waals surface area (Å²) in [4.78, 5) is 12.4. The maximum atomic E-state index is 12.4. The Morgan fingerprint density at radius 1 is 1.17 bits per heavy atom. The van der Waals surface area contributed by atoms with Crippen molar-refractivity contribution in [2.45, 2.75) is 6.54 Å². The highest BCUT2D eigenvalue weighted by Crippen LogP contribution is 2.25. The Morgan fingerprint density at radius 2 is 1.88 bits per heavy atom. The van der Waals surface area contributed by atoms with Crippen LogP contribution >= 0.6 is 11.6 Å². The number of rotatable bonds is 5. The Labute approximate surface area is 144 Å². The molecule has 0 aliphatic rings. The second kappa shape index (κ2) is 7.19. The lowest BCUT2D eigenvalue weighted by Crippen LogP contribution is -2.22. The molecular weight excluding hydrogens is 328 g/mol. The zero-order chi connectivity index (χ0) is 16.9. The molecule has 0 aliphatic carbocycles. The largest absolute Gasteiger partial charge is 0.497 e. The number of nitrogens with one attached hydrogen (secondary N) is 1. The molecule has 0 saturated heterocycles. The summed E-state index contributed by atoms with van der Waals surface area (Å²) in [6.45, 7) is 0.392. The van der Waals surface area contributed by atoms with Crippen LogP contribution in [0.25, 0.3) is 11.3 Å². The zero-order valence-electron chi connectivity index (χ0n) is 13.0. The number of carbonyl (C=O) groups excluding carboxylic acids is 1. The van der Waals surface area contributed by atoms with Crippen molar-refractivity contribution in [2.24, 2.45) is 0 Å². The van der Waals surface area contributed by atoms with Crippen LogP contribution in [0.1, 0.15) is 15.9 Å². The van der Waals surface area contributed by atoms with Gasteiger partial charge in [-0.25, -0.2) is 0 Å². The number of nitrogens with zero attached hydrogens (tertiary/aromatic N) is 1. The second-order valence-corrected chi connectivity index (χ2v) is 5.54. The van der Waals surface area contributed by atoms with Crippen molar-refractivity contribution < 1.29 is 14.1 Å². The Morgan fingerprint density at radius 3 is 2.54 bits per heavy atom. The van der Waals surface area contributed by atoms with Gasteiger partial charge in [-0.2, -0.15) is 0 Å². The van der Waals surface area contributed by atoms with Crippen molar-refractivity contribution >= 4 is 17.5 Å². The molecule has 6 heteroatoms. The van der Waals surface area contributed by atoms with E-state index in [0.29, 0.717) is 22.9 Å². The molecule has 3 aromatic rings. The number of methoxy groups -OCH3 is 1. The Hall–Kier alpha value is -2.79. The van der Waals surface area contributed by atoms with Gasteiger partial charge in [-0.1, -0.05) is 28.9 Å². The number of hydrogen-bond donors (Lipinski definition) is 1. The molecule has 3 rings (SSSR count). The van der Waals surface area contributed by atoms with Gasteiger partial charge in [0.1, 0.15) is 11.3 Å². The van der Waals surface area contributed by atoms with E-state index >= 15 is 0 Å². The van der Waals surface area contributed by atoms with E-state index in [9.17, 15) is 4.79 Å². The average molecular weight is 343 g/mol. The van der Waals surface area contributed by atoms with E-state index in [1.807, 2.05) is 24.3 Å². The van der Waals surface area contributed by atoms with Crippen molar-refractivity contribution in [1.29, 1.82) is 0 Å². The summed E-state index contributed by atoms with van der Waals surface area (Å²) in [6.07, 6.45) is 1.41. The van der Waals surface area contributed by atoms with Crippen LogP contribution in [-0.4, -0.2) is 18.2 Å². The summed E-state index contributed by atoms with van der Waals surface area (Å²) in [6, 6.07) is 14.5. The zero-order valence-corrected chi connectivity index (χ0v) is 13.7. The first-order valence-electron chi connectivity index (χ1n) is 7.29. The van der Waals surface area contributed by atoms with E-state index in [2.05, 4.69) is 10.5 Å². The monoisotopic (exact) mass is 342 g/mol. The smallest absolute Gasteiger partial charge is 0.257 e. The molecule has 0 saturated carbocycles. The van der Waals surface area contributed by atoms with Crippen LogP contribution in [0.3, 0.4) is 0 Å². The molecule has 0 fully saturated rings. The lowest BCUT2D eigenvalue weighted by Gasteiger charge is -2.06. The average Bonchev–Trinajstić information content (AvgIpc) is 3.11. The summed E-state index contributed by atoms with van der Waals surface area (Å²) in [5, 5.41) is 7.25. The van der Waals surface area contributed by atoms with Crippen molar-refractivity contribution in [3.63, 3.8) is 0 Å². The summed E-state index contributed by atoms with van der Waals surface area (Å²) >= 11 is 5.85. The van der Waals surface area contributed by atoms with Gasteiger partial charge >= 0.3 is 0 Å². The van der Waals surface area contributed by atoms with Gasteiger partial charge in [0.15, 0.2) is 5.76 Å². The molecule has 0 atom stereocenters. The molecule has 0 aliphatic heterocycles. The summed E-state index contributed by atoms with van der Waals surface area (Å²) in [5.41, 5.74) is 2.09. The molecule has 122 valence electrons. The Bertz CT molecular complexity index is 826. The first-order chi connectivity index (χ1) is 11.7. The number of aromatic nitrogens is 1. The number of ether oxygens (including phenoxy) is 1. The van der Waals surface area contributed by atoms with Gasteiger partial charge in [0, 0.05) is 17.1 Å². The van der Waals surface area contributed by atoms with Gasteiger partial charge in [0.05, 0.1) is 13.3 Å². The normalized spacial score (nSPS) is 10.4. The van der Waals surface area contributed by atoms with Gasteiger partial charge in [-0.15, -0.1) is 0 Å². The van der Waals surface area contributed by atoms with Gasteiger partial charge in [-0.3, -0.25) is 4.79 Å². The molecule has 1 heterocycles. The maximum Gasteiger partial charge on any atom is 0.257 e. The maximum absolute atomic E-state index is 12.4. The molecule has 0 spiro atoms. The van der Waals surface area contributed by atoms with Crippen LogP contribution in [0.2, 0.25) is 5.02 Å². The quantitative estimate of drug-likeness (QED) is 0.763. The molecule has 0 bridgehead atoms. The number of carbonyl (C=O) groups is 1. The van der Waals surface area contributed by atoms with Crippen molar-refractivity contribution in [3.05, 3.63) is 70.9 Å². The summed E-state index contributed by atoms with van der Waals surface area (Å²) < 4.78 is 10.4. The topological polar surface area (TPSA) is 64.4 Å². The van der Waals surface area contributed by atoms with Crippen molar-refractivity contribution in [2.75, 3.05) is 7.11 Å². The van der Waals surface area contributed by atoms with Gasteiger partial charge in [0.2, 0.25) is 0 Å². The fourth-order valence-electron chi connectivity index (χ4n) is 2.23. The molecule has 1 N–H and O–H groups in total. The highest BCUT2D eigenvalue weighted by molar-refractivity contribution is 6.30. The van der Waals surface area contributed by atoms with E-state index < -0.39 is 0 Å². The van der Waals surface area contributed by atoms with Gasteiger partial charge in [0.25, 0.3) is 5.91 Å². The minimum Gasteiger partial charge on any atom is -0.497 e. The molecule has 24 heavy (non-hydrogen) atoms. The number of hydrogen-bond acceptors (Lipinski definition) is 4. The van der Waals surface area contributed by atoms with Crippen molar-refractivity contribution in [1.82, 2.24) is 10.5 Å². The van der Waals surface area contributed by atoms with Crippen LogP contribution < -0.4 is 10.1 Å². The highest BCUT2D eigenvalue weighted by Gasteiger charge is 2.17. The van der Waals surface area contributed by atoms with Gasteiger partial charge < -0.3 is 14.6 Å². The molecule has 0 radical (unpaired) electrons. The van der Waals surface area contributed by atoms with E-state index in [-0.39, 0.29) is 5.91 Å². The van der Waals surface area contributed by atoms with E-state index in [0.717, 1.165) is 16.9 Å². The fraction of sp³-hybridized carbons (Fsp3) is 0.111. The standard InChI is InChI=1S/C18H15ClN2O3/c1-23-15-8-4-13(5-9-15)17-16(11-21-24-17)18(22)20-10-12-2-6-14(19)7-3-12/h2-9,11H,10H2,1H3,(H,20,22). The van der Waals surface area contributed by atoms with Gasteiger partial charge in [-0.05, 0) is 42.0 Å². The molecule has 5 nitrogen and oxygen atoms in total. The first-order valence-corrected chi connectivity index (χ1v) is 7.67. The second-order valence-electron chi connectivity index (χ2n) is 5.11. The van der Waals surface area contributed by atoms with Crippen LogP contribution in [0.5, 0.6) is 5.75 Å².